The maximum Gasteiger partial charge on any atom is 0.201 e. The van der Waals surface area contributed by atoms with Gasteiger partial charge in [0.25, 0.3) is 0 Å². The lowest BCUT2D eigenvalue weighted by Gasteiger charge is -2.26. The highest BCUT2D eigenvalue weighted by atomic mass is 16.5. The maximum atomic E-state index is 8.98. The number of amidine groups is 1. The molecule has 1 heterocycles. The minimum Gasteiger partial charge on any atom is -0.489 e. The molecule has 1 fully saturated rings. The van der Waals surface area contributed by atoms with Crippen molar-refractivity contribution in [2.45, 2.75) is 45.6 Å². The number of rotatable bonds is 6. The van der Waals surface area contributed by atoms with Gasteiger partial charge in [0.15, 0.2) is 5.84 Å². The van der Waals surface area contributed by atoms with E-state index in [1.54, 1.807) is 6.07 Å². The van der Waals surface area contributed by atoms with Gasteiger partial charge in [-0.2, -0.15) is 10.4 Å². The number of anilines is 1. The lowest BCUT2D eigenvalue weighted by atomic mass is 9.87. The van der Waals surface area contributed by atoms with Crippen molar-refractivity contribution in [3.05, 3.63) is 23.3 Å². The third kappa shape index (κ3) is 4.94. The Labute approximate surface area is 148 Å². The van der Waals surface area contributed by atoms with Crippen LogP contribution in [0.15, 0.2) is 17.2 Å². The Hall–Kier alpha value is -2.59. The molecular weight excluding hydrogens is 316 g/mol. The van der Waals surface area contributed by atoms with Crippen molar-refractivity contribution in [2.24, 2.45) is 10.8 Å². The van der Waals surface area contributed by atoms with Crippen molar-refractivity contribution in [2.75, 3.05) is 18.5 Å². The van der Waals surface area contributed by atoms with Crippen LogP contribution in [0.5, 0.6) is 5.75 Å². The number of nitriles is 1. The van der Waals surface area contributed by atoms with E-state index >= 15 is 0 Å². The number of hydrogen-bond donors (Lipinski definition) is 4. The van der Waals surface area contributed by atoms with Gasteiger partial charge in [0, 0.05) is 0 Å². The minimum absolute atomic E-state index is 0.0105. The predicted octanol–water partition coefficient (Wildman–Crippen LogP) is 2.48. The first kappa shape index (κ1) is 18.7. The number of piperidine rings is 1. The van der Waals surface area contributed by atoms with Crippen molar-refractivity contribution in [1.29, 1.82) is 10.7 Å². The summed E-state index contributed by atoms with van der Waals surface area (Å²) in [5.74, 6) is 0.836. The molecule has 0 amide bonds. The highest BCUT2D eigenvalue weighted by Crippen LogP contribution is 2.36. The van der Waals surface area contributed by atoms with Crippen LogP contribution in [-0.4, -0.2) is 30.7 Å². The zero-order valence-corrected chi connectivity index (χ0v) is 15.0. The fourth-order valence-electron chi connectivity index (χ4n) is 2.98. The summed E-state index contributed by atoms with van der Waals surface area (Å²) in [6.45, 7) is 8.06. The fraction of sp³-hybridized carbons (Fsp3) is 0.500. The standard InChI is InChI=1S/C18H26N6O/c1-11(2)25-17-9-14(13-4-6-22-7-5-13)12(3)8-15(17)23-24-16(10-19)18(20)21/h8-9,11,13,22-23H,4-7H2,1-3H3,(H3,20,21)/b24-16+. The Morgan fingerprint density at radius 2 is 2.12 bits per heavy atom. The Morgan fingerprint density at radius 3 is 2.68 bits per heavy atom. The van der Waals surface area contributed by atoms with Crippen LogP contribution in [0.4, 0.5) is 5.69 Å². The van der Waals surface area contributed by atoms with E-state index in [-0.39, 0.29) is 17.7 Å². The van der Waals surface area contributed by atoms with Gasteiger partial charge < -0.3 is 15.8 Å². The molecule has 0 bridgehead atoms. The molecule has 0 aromatic heterocycles. The predicted molar refractivity (Wildman–Crippen MR) is 100 cm³/mol. The van der Waals surface area contributed by atoms with E-state index in [0.717, 1.165) is 31.5 Å². The first-order chi connectivity index (χ1) is 11.9. The molecule has 7 nitrogen and oxygen atoms in total. The molecule has 1 aromatic carbocycles. The zero-order valence-electron chi connectivity index (χ0n) is 15.0. The van der Waals surface area contributed by atoms with Crippen molar-refractivity contribution >= 4 is 17.2 Å². The Balaban J connectivity index is 2.36. The van der Waals surface area contributed by atoms with E-state index in [0.29, 0.717) is 17.4 Å². The minimum atomic E-state index is -0.371. The number of ether oxygens (including phenoxy) is 1. The molecule has 5 N–H and O–H groups in total. The van der Waals surface area contributed by atoms with Gasteiger partial charge in [-0.05, 0) is 75.9 Å². The Morgan fingerprint density at radius 1 is 1.44 bits per heavy atom. The number of hydrazone groups is 1. The van der Waals surface area contributed by atoms with E-state index in [4.69, 9.17) is 21.1 Å². The second-order valence-electron chi connectivity index (χ2n) is 6.49. The van der Waals surface area contributed by atoms with Gasteiger partial charge in [0.1, 0.15) is 11.8 Å². The quantitative estimate of drug-likeness (QED) is 0.360. The molecule has 0 unspecified atom stereocenters. The fourth-order valence-corrected chi connectivity index (χ4v) is 2.98. The van der Waals surface area contributed by atoms with Crippen LogP contribution in [0.3, 0.4) is 0 Å². The van der Waals surface area contributed by atoms with Crippen LogP contribution in [0.1, 0.15) is 43.7 Å². The number of nitrogens with zero attached hydrogens (tertiary/aromatic N) is 2. The molecule has 2 rings (SSSR count). The summed E-state index contributed by atoms with van der Waals surface area (Å²) in [5, 5.41) is 23.6. The molecule has 0 saturated carbocycles. The second-order valence-corrected chi connectivity index (χ2v) is 6.49. The van der Waals surface area contributed by atoms with E-state index in [1.807, 2.05) is 19.9 Å². The van der Waals surface area contributed by atoms with E-state index < -0.39 is 0 Å². The average Bonchev–Trinajstić information content (AvgIpc) is 2.57. The number of benzene rings is 1. The molecule has 0 radical (unpaired) electrons. The topological polar surface area (TPSA) is 119 Å². The zero-order chi connectivity index (χ0) is 18.4. The molecule has 1 saturated heterocycles. The molecule has 0 spiro atoms. The third-order valence-corrected chi connectivity index (χ3v) is 4.16. The Kier molecular flexibility index (Phi) is 6.37. The number of aryl methyl sites for hydroxylation is 1. The molecule has 134 valence electrons. The summed E-state index contributed by atoms with van der Waals surface area (Å²) >= 11 is 0. The van der Waals surface area contributed by atoms with E-state index in [9.17, 15) is 0 Å². The lowest BCUT2D eigenvalue weighted by molar-refractivity contribution is 0.243. The summed E-state index contributed by atoms with van der Waals surface area (Å²) in [6, 6.07) is 5.85. The van der Waals surface area contributed by atoms with Gasteiger partial charge in [0.05, 0.1) is 11.8 Å². The van der Waals surface area contributed by atoms with Crippen molar-refractivity contribution in [1.82, 2.24) is 5.32 Å². The summed E-state index contributed by atoms with van der Waals surface area (Å²) < 4.78 is 5.94. The monoisotopic (exact) mass is 342 g/mol. The van der Waals surface area contributed by atoms with Gasteiger partial charge in [-0.3, -0.25) is 10.8 Å². The van der Waals surface area contributed by atoms with E-state index in [2.05, 4.69) is 28.8 Å². The van der Waals surface area contributed by atoms with Gasteiger partial charge >= 0.3 is 0 Å². The maximum absolute atomic E-state index is 8.98. The molecule has 25 heavy (non-hydrogen) atoms. The second kappa shape index (κ2) is 8.49. The summed E-state index contributed by atoms with van der Waals surface area (Å²) in [7, 11) is 0. The number of hydrogen-bond acceptors (Lipinski definition) is 6. The van der Waals surface area contributed by atoms with Gasteiger partial charge in [-0.1, -0.05) is 0 Å². The van der Waals surface area contributed by atoms with Crippen LogP contribution >= 0.6 is 0 Å². The van der Waals surface area contributed by atoms with Crippen LogP contribution in [-0.2, 0) is 0 Å². The van der Waals surface area contributed by atoms with Crippen molar-refractivity contribution in [3.8, 4) is 11.8 Å². The molecule has 0 atom stereocenters. The van der Waals surface area contributed by atoms with Crippen LogP contribution in [0, 0.1) is 23.7 Å². The van der Waals surface area contributed by atoms with Crippen molar-refractivity contribution in [3.63, 3.8) is 0 Å². The summed E-state index contributed by atoms with van der Waals surface area (Å²) in [6.07, 6.45) is 2.22. The van der Waals surface area contributed by atoms with Crippen LogP contribution in [0.25, 0.3) is 0 Å². The molecule has 1 aliphatic rings. The average molecular weight is 342 g/mol. The van der Waals surface area contributed by atoms with Crippen LogP contribution < -0.4 is 21.2 Å². The highest BCUT2D eigenvalue weighted by Gasteiger charge is 2.20. The van der Waals surface area contributed by atoms with Crippen LogP contribution in [0.2, 0.25) is 0 Å². The number of nitrogens with two attached hydrogens (primary N) is 1. The van der Waals surface area contributed by atoms with E-state index in [1.165, 1.54) is 5.56 Å². The van der Waals surface area contributed by atoms with Gasteiger partial charge in [-0.15, -0.1) is 0 Å². The smallest absolute Gasteiger partial charge is 0.201 e. The molecular formula is C18H26N6O. The molecule has 0 aliphatic carbocycles. The molecule has 1 aromatic rings. The molecule has 7 heteroatoms. The first-order valence-corrected chi connectivity index (χ1v) is 8.52. The van der Waals surface area contributed by atoms with Gasteiger partial charge in [-0.25, -0.2) is 0 Å². The normalized spacial score (nSPS) is 15.7. The number of nitrogens with one attached hydrogen (secondary N) is 3. The van der Waals surface area contributed by atoms with Crippen molar-refractivity contribution < 1.29 is 4.74 Å². The summed E-state index contributed by atoms with van der Waals surface area (Å²) in [5.41, 5.74) is 11.1. The first-order valence-electron chi connectivity index (χ1n) is 8.52. The largest absolute Gasteiger partial charge is 0.489 e. The third-order valence-electron chi connectivity index (χ3n) is 4.16. The lowest BCUT2D eigenvalue weighted by Crippen LogP contribution is -2.27. The molecule has 1 aliphatic heterocycles. The van der Waals surface area contributed by atoms with Gasteiger partial charge in [0.2, 0.25) is 5.71 Å². The Bertz CT molecular complexity index is 698. The SMILES string of the molecule is Cc1cc(N/N=C(\C#N)C(=N)N)c(OC(C)C)cc1C1CCNCC1. The summed E-state index contributed by atoms with van der Waals surface area (Å²) in [4.78, 5) is 0. The highest BCUT2D eigenvalue weighted by molar-refractivity contribution is 6.45.